The van der Waals surface area contributed by atoms with Crippen LogP contribution in [0.5, 0.6) is 0 Å². The molecule has 0 spiro atoms. The molecule has 5 heteroatoms. The van der Waals surface area contributed by atoms with Gasteiger partial charge in [-0.3, -0.25) is 4.79 Å². The van der Waals surface area contributed by atoms with Gasteiger partial charge in [-0.25, -0.2) is 4.79 Å². The Kier molecular flexibility index (Phi) is 6.61. The van der Waals surface area contributed by atoms with Crippen LogP contribution in [0.2, 0.25) is 0 Å². The van der Waals surface area contributed by atoms with Crippen molar-refractivity contribution in [1.29, 1.82) is 0 Å². The molecule has 0 radical (unpaired) electrons. The normalized spacial score (nSPS) is 14.4. The van der Waals surface area contributed by atoms with Gasteiger partial charge in [0.25, 0.3) is 0 Å². The van der Waals surface area contributed by atoms with Gasteiger partial charge in [-0.2, -0.15) is 0 Å². The summed E-state index contributed by atoms with van der Waals surface area (Å²) in [7, 11) is 1.28. The molecule has 17 heavy (non-hydrogen) atoms. The zero-order valence-corrected chi connectivity index (χ0v) is 11.5. The van der Waals surface area contributed by atoms with Gasteiger partial charge in [0, 0.05) is 6.04 Å². The Balaban J connectivity index is 4.50. The first-order valence-corrected chi connectivity index (χ1v) is 5.94. The van der Waals surface area contributed by atoms with Crippen LogP contribution in [0.4, 0.5) is 4.79 Å². The fourth-order valence-electron chi connectivity index (χ4n) is 1.20. The van der Waals surface area contributed by atoms with Crippen LogP contribution in [0.15, 0.2) is 0 Å². The second-order valence-corrected chi connectivity index (χ2v) is 4.90. The molecule has 0 rings (SSSR count). The van der Waals surface area contributed by atoms with E-state index in [9.17, 15) is 9.59 Å². The molecule has 0 aromatic carbocycles. The van der Waals surface area contributed by atoms with Crippen LogP contribution in [0.25, 0.3) is 0 Å². The third kappa shape index (κ3) is 5.56. The maximum atomic E-state index is 12.0. The molecule has 0 heterocycles. The van der Waals surface area contributed by atoms with E-state index >= 15 is 0 Å². The van der Waals surface area contributed by atoms with Gasteiger partial charge in [0.1, 0.15) is 6.04 Å². The van der Waals surface area contributed by atoms with Crippen molar-refractivity contribution in [3.05, 3.63) is 0 Å². The quantitative estimate of drug-likeness (QED) is 0.770. The molecule has 2 amide bonds. The number of hydrogen-bond acceptors (Lipinski definition) is 3. The summed E-state index contributed by atoms with van der Waals surface area (Å²) in [5.41, 5.74) is 0. The van der Waals surface area contributed by atoms with E-state index in [0.29, 0.717) is 5.92 Å². The lowest BCUT2D eigenvalue weighted by atomic mass is 10.0. The lowest BCUT2D eigenvalue weighted by Crippen LogP contribution is -2.52. The molecule has 0 aliphatic rings. The van der Waals surface area contributed by atoms with Gasteiger partial charge in [0.2, 0.25) is 5.91 Å². The fourth-order valence-corrected chi connectivity index (χ4v) is 1.20. The molecule has 0 fully saturated rings. The lowest BCUT2D eigenvalue weighted by molar-refractivity contribution is -0.124. The first-order valence-electron chi connectivity index (χ1n) is 5.94. The molecule has 100 valence electrons. The van der Waals surface area contributed by atoms with E-state index in [2.05, 4.69) is 15.4 Å². The zero-order chi connectivity index (χ0) is 13.6. The summed E-state index contributed by atoms with van der Waals surface area (Å²) in [6.45, 7) is 9.75. The highest BCUT2D eigenvalue weighted by molar-refractivity contribution is 5.86. The minimum atomic E-state index is -0.587. The molecule has 0 aliphatic carbocycles. The standard InChI is InChI=1S/C12H24N2O3/c1-7(2)9(5)13-11(15)10(8(3)4)14-12(16)17-6/h7-10H,1-6H3,(H,13,15)(H,14,16)/t9?,10-/m0/s1. The summed E-state index contributed by atoms with van der Waals surface area (Å²) >= 11 is 0. The van der Waals surface area contributed by atoms with Crippen molar-refractivity contribution in [2.45, 2.75) is 46.7 Å². The summed E-state index contributed by atoms with van der Waals surface area (Å²) in [6.07, 6.45) is -0.587. The van der Waals surface area contributed by atoms with Gasteiger partial charge in [0.05, 0.1) is 7.11 Å². The largest absolute Gasteiger partial charge is 0.453 e. The monoisotopic (exact) mass is 244 g/mol. The highest BCUT2D eigenvalue weighted by Crippen LogP contribution is 2.05. The van der Waals surface area contributed by atoms with Gasteiger partial charge in [-0.1, -0.05) is 27.7 Å². The number of alkyl carbamates (subject to hydrolysis) is 1. The molecule has 2 N–H and O–H groups in total. The topological polar surface area (TPSA) is 67.4 Å². The molecule has 0 saturated carbocycles. The van der Waals surface area contributed by atoms with E-state index in [1.807, 2.05) is 34.6 Å². The van der Waals surface area contributed by atoms with Crippen LogP contribution in [-0.4, -0.2) is 31.2 Å². The number of hydrogen-bond donors (Lipinski definition) is 2. The summed E-state index contributed by atoms with van der Waals surface area (Å²) in [5.74, 6) is 0.185. The maximum absolute atomic E-state index is 12.0. The summed E-state index contributed by atoms with van der Waals surface area (Å²) in [4.78, 5) is 23.1. The smallest absolute Gasteiger partial charge is 0.407 e. The molecular formula is C12H24N2O3. The van der Waals surface area contributed by atoms with E-state index in [1.165, 1.54) is 7.11 Å². The van der Waals surface area contributed by atoms with Crippen molar-refractivity contribution >= 4 is 12.0 Å². The lowest BCUT2D eigenvalue weighted by Gasteiger charge is -2.24. The van der Waals surface area contributed by atoms with E-state index in [1.54, 1.807) is 0 Å². The SMILES string of the molecule is COC(=O)N[C@H](C(=O)NC(C)C(C)C)C(C)C. The molecule has 0 aromatic rings. The minimum Gasteiger partial charge on any atom is -0.453 e. The molecule has 1 unspecified atom stereocenters. The Morgan fingerprint density at radius 2 is 1.47 bits per heavy atom. The van der Waals surface area contributed by atoms with Gasteiger partial charge in [-0.05, 0) is 18.8 Å². The number of nitrogens with one attached hydrogen (secondary N) is 2. The number of carbonyl (C=O) groups is 2. The van der Waals surface area contributed by atoms with Gasteiger partial charge in [0.15, 0.2) is 0 Å². The third-order valence-corrected chi connectivity index (χ3v) is 2.78. The molecule has 0 aromatic heterocycles. The Morgan fingerprint density at radius 3 is 1.82 bits per heavy atom. The average Bonchev–Trinajstić information content (AvgIpc) is 2.24. The van der Waals surface area contributed by atoms with Crippen molar-refractivity contribution in [2.24, 2.45) is 11.8 Å². The molecule has 0 saturated heterocycles. The van der Waals surface area contributed by atoms with Gasteiger partial charge < -0.3 is 15.4 Å². The van der Waals surface area contributed by atoms with Crippen molar-refractivity contribution in [3.63, 3.8) is 0 Å². The molecule has 0 bridgehead atoms. The highest BCUT2D eigenvalue weighted by Gasteiger charge is 2.25. The molecular weight excluding hydrogens is 220 g/mol. The zero-order valence-electron chi connectivity index (χ0n) is 11.5. The average molecular weight is 244 g/mol. The van der Waals surface area contributed by atoms with Crippen molar-refractivity contribution < 1.29 is 14.3 Å². The Bertz CT molecular complexity index is 264. The summed E-state index contributed by atoms with van der Waals surface area (Å²) in [5, 5.41) is 5.42. The Hall–Kier alpha value is -1.26. The number of methoxy groups -OCH3 is 1. The number of amides is 2. The first-order chi connectivity index (χ1) is 7.79. The van der Waals surface area contributed by atoms with Gasteiger partial charge in [-0.15, -0.1) is 0 Å². The molecule has 2 atom stereocenters. The van der Waals surface area contributed by atoms with E-state index in [0.717, 1.165) is 0 Å². The number of carbonyl (C=O) groups excluding carboxylic acids is 2. The van der Waals surface area contributed by atoms with Crippen molar-refractivity contribution in [2.75, 3.05) is 7.11 Å². The minimum absolute atomic E-state index is 0.00784. The number of rotatable bonds is 5. The first kappa shape index (κ1) is 15.7. The maximum Gasteiger partial charge on any atom is 0.407 e. The van der Waals surface area contributed by atoms with Crippen LogP contribution in [0.3, 0.4) is 0 Å². The second-order valence-electron chi connectivity index (χ2n) is 4.90. The molecule has 5 nitrogen and oxygen atoms in total. The molecule has 0 aliphatic heterocycles. The fraction of sp³-hybridized carbons (Fsp3) is 0.833. The van der Waals surface area contributed by atoms with Crippen LogP contribution in [0.1, 0.15) is 34.6 Å². The summed E-state index contributed by atoms with van der Waals surface area (Å²) in [6, 6.07) is -0.494. The third-order valence-electron chi connectivity index (χ3n) is 2.78. The number of ether oxygens (including phenoxy) is 1. The summed E-state index contributed by atoms with van der Waals surface area (Å²) < 4.78 is 4.50. The van der Waals surface area contributed by atoms with Crippen LogP contribution >= 0.6 is 0 Å². The second kappa shape index (κ2) is 7.14. The van der Waals surface area contributed by atoms with Crippen LogP contribution in [-0.2, 0) is 9.53 Å². The van der Waals surface area contributed by atoms with Crippen molar-refractivity contribution in [3.8, 4) is 0 Å². The van der Waals surface area contributed by atoms with E-state index in [-0.39, 0.29) is 17.9 Å². The van der Waals surface area contributed by atoms with Gasteiger partial charge >= 0.3 is 6.09 Å². The van der Waals surface area contributed by atoms with E-state index < -0.39 is 12.1 Å². The van der Waals surface area contributed by atoms with E-state index in [4.69, 9.17) is 0 Å². The van der Waals surface area contributed by atoms with Crippen LogP contribution in [0, 0.1) is 11.8 Å². The van der Waals surface area contributed by atoms with Crippen LogP contribution < -0.4 is 10.6 Å². The Morgan fingerprint density at radius 1 is 0.941 bits per heavy atom. The Labute approximate surface area is 103 Å². The van der Waals surface area contributed by atoms with Crippen molar-refractivity contribution in [1.82, 2.24) is 10.6 Å². The predicted molar refractivity (Wildman–Crippen MR) is 66.6 cm³/mol. The predicted octanol–water partition coefficient (Wildman–Crippen LogP) is 1.53. The highest BCUT2D eigenvalue weighted by atomic mass is 16.5.